The first-order valence-corrected chi connectivity index (χ1v) is 4.34. The number of nitrogens with one attached hydrogen (secondary N) is 1. The number of hydrogen-bond donors (Lipinski definition) is 2. The lowest BCUT2D eigenvalue weighted by atomic mass is 9.94. The lowest BCUT2D eigenvalue weighted by Crippen LogP contribution is -2.30. The average molecular weight is 213 g/mol. The Bertz CT molecular complexity index is 265. The van der Waals surface area contributed by atoms with Crippen LogP contribution in [0.4, 0.5) is 0 Å². The van der Waals surface area contributed by atoms with Gasteiger partial charge in [0, 0.05) is 16.4 Å². The Kier molecular flexibility index (Phi) is 1.53. The highest BCUT2D eigenvalue weighted by atomic mass is 79.9. The summed E-state index contributed by atoms with van der Waals surface area (Å²) in [6.45, 7) is 0. The maximum Gasteiger partial charge on any atom is 0.0571 e. The molecular formula is C8H9BrN2. The fourth-order valence-corrected chi connectivity index (χ4v) is 2.14. The lowest BCUT2D eigenvalue weighted by Gasteiger charge is -2.20. The highest BCUT2D eigenvalue weighted by Crippen LogP contribution is 2.32. The molecule has 0 aromatic carbocycles. The summed E-state index contributed by atoms with van der Waals surface area (Å²) in [6.07, 6.45) is 8.02. The minimum atomic E-state index is 0.319. The fraction of sp³-hybridized carbons (Fsp3) is 0.250. The van der Waals surface area contributed by atoms with E-state index in [1.165, 1.54) is 0 Å². The van der Waals surface area contributed by atoms with Gasteiger partial charge in [0.15, 0.2) is 0 Å². The largest absolute Gasteiger partial charge is 0.401 e. The zero-order chi connectivity index (χ0) is 7.84. The van der Waals surface area contributed by atoms with Crippen LogP contribution in [0.5, 0.6) is 0 Å². The van der Waals surface area contributed by atoms with Gasteiger partial charge >= 0.3 is 0 Å². The van der Waals surface area contributed by atoms with Gasteiger partial charge in [-0.3, -0.25) is 0 Å². The SMILES string of the molecule is NC1=CC=CC2NC=C(Br)C12. The smallest absolute Gasteiger partial charge is 0.0571 e. The third kappa shape index (κ3) is 0.997. The summed E-state index contributed by atoms with van der Waals surface area (Å²) in [5.41, 5.74) is 6.73. The second-order valence-corrected chi connectivity index (χ2v) is 3.67. The first-order valence-electron chi connectivity index (χ1n) is 3.54. The number of halogens is 1. The van der Waals surface area contributed by atoms with Gasteiger partial charge in [0.25, 0.3) is 0 Å². The number of hydrogen-bond acceptors (Lipinski definition) is 2. The lowest BCUT2D eigenvalue weighted by molar-refractivity contribution is 0.612. The second kappa shape index (κ2) is 2.41. The van der Waals surface area contributed by atoms with Crippen molar-refractivity contribution in [1.29, 1.82) is 0 Å². The van der Waals surface area contributed by atoms with Crippen molar-refractivity contribution in [2.24, 2.45) is 11.7 Å². The maximum atomic E-state index is 5.81. The van der Waals surface area contributed by atoms with Gasteiger partial charge in [0.2, 0.25) is 0 Å². The summed E-state index contributed by atoms with van der Waals surface area (Å²) < 4.78 is 1.14. The zero-order valence-electron chi connectivity index (χ0n) is 5.92. The van der Waals surface area contributed by atoms with Gasteiger partial charge in [-0.1, -0.05) is 28.1 Å². The van der Waals surface area contributed by atoms with Crippen molar-refractivity contribution in [3.63, 3.8) is 0 Å². The quantitative estimate of drug-likeness (QED) is 0.634. The van der Waals surface area contributed by atoms with Gasteiger partial charge in [0.05, 0.1) is 12.0 Å². The van der Waals surface area contributed by atoms with Crippen molar-refractivity contribution < 1.29 is 0 Å². The minimum Gasteiger partial charge on any atom is -0.401 e. The van der Waals surface area contributed by atoms with Gasteiger partial charge in [-0.15, -0.1) is 0 Å². The van der Waals surface area contributed by atoms with Crippen LogP contribution in [-0.2, 0) is 0 Å². The molecule has 0 aromatic rings. The van der Waals surface area contributed by atoms with Gasteiger partial charge in [0.1, 0.15) is 0 Å². The molecule has 3 heteroatoms. The summed E-state index contributed by atoms with van der Waals surface area (Å²) in [5.74, 6) is 0.319. The van der Waals surface area contributed by atoms with Gasteiger partial charge in [-0.05, 0) is 6.08 Å². The van der Waals surface area contributed by atoms with E-state index < -0.39 is 0 Å². The van der Waals surface area contributed by atoms with E-state index in [9.17, 15) is 0 Å². The van der Waals surface area contributed by atoms with E-state index >= 15 is 0 Å². The molecule has 0 saturated heterocycles. The molecule has 0 amide bonds. The van der Waals surface area contributed by atoms with Crippen LogP contribution >= 0.6 is 15.9 Å². The molecule has 0 bridgehead atoms. The van der Waals surface area contributed by atoms with Crippen LogP contribution in [0, 0.1) is 5.92 Å². The molecule has 58 valence electrons. The van der Waals surface area contributed by atoms with Crippen LogP contribution in [0.1, 0.15) is 0 Å². The Hall–Kier alpha value is -0.700. The van der Waals surface area contributed by atoms with Crippen LogP contribution < -0.4 is 11.1 Å². The minimum absolute atomic E-state index is 0.319. The Labute approximate surface area is 74.0 Å². The van der Waals surface area contributed by atoms with Crippen LogP contribution in [0.3, 0.4) is 0 Å². The summed E-state index contributed by atoms with van der Waals surface area (Å²) in [4.78, 5) is 0. The average Bonchev–Trinajstić information content (AvgIpc) is 2.34. The Morgan fingerprint density at radius 1 is 1.55 bits per heavy atom. The highest BCUT2D eigenvalue weighted by Gasteiger charge is 2.29. The molecule has 3 N–H and O–H groups in total. The first kappa shape index (κ1) is 6.98. The summed E-state index contributed by atoms with van der Waals surface area (Å²) in [7, 11) is 0. The molecule has 2 rings (SSSR count). The standard InChI is InChI=1S/C8H9BrN2/c9-5-4-11-7-3-1-2-6(10)8(5)7/h1-4,7-8,11H,10H2. The van der Waals surface area contributed by atoms with Crippen molar-refractivity contribution in [2.45, 2.75) is 6.04 Å². The van der Waals surface area contributed by atoms with E-state index in [1.54, 1.807) is 0 Å². The maximum absolute atomic E-state index is 5.81. The number of rotatable bonds is 0. The van der Waals surface area contributed by atoms with Gasteiger partial charge in [-0.25, -0.2) is 0 Å². The molecule has 1 aliphatic carbocycles. The van der Waals surface area contributed by atoms with E-state index in [4.69, 9.17) is 5.73 Å². The van der Waals surface area contributed by atoms with Crippen molar-refractivity contribution >= 4 is 15.9 Å². The molecular weight excluding hydrogens is 204 g/mol. The normalized spacial score (nSPS) is 33.9. The molecule has 11 heavy (non-hydrogen) atoms. The predicted octanol–water partition coefficient (Wildman–Crippen LogP) is 1.22. The van der Waals surface area contributed by atoms with Crippen molar-refractivity contribution in [1.82, 2.24) is 5.32 Å². The van der Waals surface area contributed by atoms with E-state index in [-0.39, 0.29) is 0 Å². The van der Waals surface area contributed by atoms with Crippen molar-refractivity contribution in [3.05, 3.63) is 34.6 Å². The first-order chi connectivity index (χ1) is 5.29. The third-order valence-corrected chi connectivity index (χ3v) is 2.76. The molecule has 1 heterocycles. The molecule has 2 nitrogen and oxygen atoms in total. The van der Waals surface area contributed by atoms with Crippen molar-refractivity contribution in [2.75, 3.05) is 0 Å². The van der Waals surface area contributed by atoms with E-state index in [1.807, 2.05) is 18.4 Å². The fourth-order valence-electron chi connectivity index (χ4n) is 1.46. The van der Waals surface area contributed by atoms with Gasteiger partial charge < -0.3 is 11.1 Å². The van der Waals surface area contributed by atoms with Crippen LogP contribution in [0.25, 0.3) is 0 Å². The molecule has 0 aromatic heterocycles. The van der Waals surface area contributed by atoms with Crippen LogP contribution in [-0.4, -0.2) is 6.04 Å². The van der Waals surface area contributed by atoms with E-state index in [2.05, 4.69) is 27.3 Å². The molecule has 2 unspecified atom stereocenters. The number of nitrogens with two attached hydrogens (primary N) is 1. The van der Waals surface area contributed by atoms with E-state index in [0.29, 0.717) is 12.0 Å². The molecule has 2 atom stereocenters. The molecule has 0 radical (unpaired) electrons. The van der Waals surface area contributed by atoms with E-state index in [0.717, 1.165) is 10.2 Å². The Morgan fingerprint density at radius 3 is 3.09 bits per heavy atom. The molecule has 0 saturated carbocycles. The molecule has 0 fully saturated rings. The second-order valence-electron chi connectivity index (χ2n) is 2.75. The Morgan fingerprint density at radius 2 is 2.36 bits per heavy atom. The van der Waals surface area contributed by atoms with Crippen LogP contribution in [0.15, 0.2) is 34.6 Å². The number of fused-ring (bicyclic) bond motifs is 1. The van der Waals surface area contributed by atoms with Gasteiger partial charge in [-0.2, -0.15) is 0 Å². The highest BCUT2D eigenvalue weighted by molar-refractivity contribution is 9.11. The molecule has 1 aliphatic heterocycles. The Balaban J connectivity index is 2.33. The topological polar surface area (TPSA) is 38.0 Å². The van der Waals surface area contributed by atoms with Crippen molar-refractivity contribution in [3.8, 4) is 0 Å². The summed E-state index contributed by atoms with van der Waals surface area (Å²) >= 11 is 3.46. The number of allylic oxidation sites excluding steroid dienone is 2. The van der Waals surface area contributed by atoms with Crippen LogP contribution in [0.2, 0.25) is 0 Å². The molecule has 2 aliphatic rings. The summed E-state index contributed by atoms with van der Waals surface area (Å²) in [5, 5.41) is 3.22. The molecule has 0 spiro atoms. The summed E-state index contributed by atoms with van der Waals surface area (Å²) in [6, 6.07) is 0.356. The predicted molar refractivity (Wildman–Crippen MR) is 48.8 cm³/mol. The monoisotopic (exact) mass is 212 g/mol. The zero-order valence-corrected chi connectivity index (χ0v) is 7.51. The third-order valence-electron chi connectivity index (χ3n) is 2.04.